The number of amides is 3. The number of fused-ring (bicyclic) bond motifs is 1. The van der Waals surface area contributed by atoms with E-state index in [0.29, 0.717) is 47.6 Å². The van der Waals surface area contributed by atoms with E-state index in [-0.39, 0.29) is 24.6 Å². The first kappa shape index (κ1) is 20.0. The quantitative estimate of drug-likeness (QED) is 0.550. The highest BCUT2D eigenvalue weighted by atomic mass is 19.1. The van der Waals surface area contributed by atoms with Crippen LogP contribution in [0.25, 0.3) is 0 Å². The first-order valence-corrected chi connectivity index (χ1v) is 10.0. The van der Waals surface area contributed by atoms with Crippen LogP contribution >= 0.6 is 0 Å². The number of imide groups is 1. The summed E-state index contributed by atoms with van der Waals surface area (Å²) in [6.45, 7) is 1.06. The Morgan fingerprint density at radius 1 is 1.13 bits per heavy atom. The van der Waals surface area contributed by atoms with E-state index in [2.05, 4.69) is 4.99 Å². The summed E-state index contributed by atoms with van der Waals surface area (Å²) in [6, 6.07) is 6.50. The van der Waals surface area contributed by atoms with Gasteiger partial charge in [-0.1, -0.05) is 12.1 Å². The van der Waals surface area contributed by atoms with Crippen LogP contribution < -0.4 is 5.73 Å². The zero-order valence-corrected chi connectivity index (χ0v) is 16.5. The summed E-state index contributed by atoms with van der Waals surface area (Å²) in [4.78, 5) is 44.5. The topological polar surface area (TPSA) is 96.1 Å². The van der Waals surface area contributed by atoms with E-state index in [1.165, 1.54) is 6.21 Å². The predicted octanol–water partition coefficient (Wildman–Crippen LogP) is 2.06. The van der Waals surface area contributed by atoms with Gasteiger partial charge in [-0.3, -0.25) is 24.3 Å². The predicted molar refractivity (Wildman–Crippen MR) is 109 cm³/mol. The summed E-state index contributed by atoms with van der Waals surface area (Å²) >= 11 is 0. The number of hydrogen-bond acceptors (Lipinski definition) is 5. The molecule has 0 spiro atoms. The summed E-state index contributed by atoms with van der Waals surface area (Å²) in [5.74, 6) is -0.485. The van der Waals surface area contributed by atoms with E-state index in [0.717, 1.165) is 24.3 Å². The first-order chi connectivity index (χ1) is 14.5. The van der Waals surface area contributed by atoms with Crippen molar-refractivity contribution in [2.45, 2.75) is 19.3 Å². The second-order valence-electron chi connectivity index (χ2n) is 7.86. The molecule has 0 atom stereocenters. The lowest BCUT2D eigenvalue weighted by Crippen LogP contribution is -2.40. The summed E-state index contributed by atoms with van der Waals surface area (Å²) in [7, 11) is 0. The number of rotatable bonds is 7. The number of carbonyl (C=O) groups excluding carboxylic acids is 3. The molecule has 8 heteroatoms. The molecule has 1 aliphatic carbocycles. The van der Waals surface area contributed by atoms with Crippen LogP contribution in [-0.2, 0) is 4.79 Å². The molecule has 2 aliphatic heterocycles. The van der Waals surface area contributed by atoms with Crippen molar-refractivity contribution in [3.8, 4) is 0 Å². The van der Waals surface area contributed by atoms with Gasteiger partial charge in [0.25, 0.3) is 17.7 Å². The molecule has 1 aromatic carbocycles. The standard InChI is InChI=1S/C22H23FN4O3/c23-9-15(13-27-21(29)16-3-1-2-4-17(16)22(27)30)10-25-11-18-19(24)7-8-26(20(18)28)12-14-5-6-14/h1-4,9,11,14H,5-8,10,12-13,24H2/b15-9-,25-11?. The minimum Gasteiger partial charge on any atom is -0.401 e. The van der Waals surface area contributed by atoms with E-state index in [1.807, 2.05) is 0 Å². The Morgan fingerprint density at radius 2 is 1.80 bits per heavy atom. The highest BCUT2D eigenvalue weighted by Gasteiger charge is 2.35. The SMILES string of the molecule is NC1=C(C=NC/C(=C/F)CN2C(=O)c3ccccc3C2=O)C(=O)N(CC2CC2)CC1. The van der Waals surface area contributed by atoms with Crippen LogP contribution in [0.3, 0.4) is 0 Å². The highest BCUT2D eigenvalue weighted by molar-refractivity contribution is 6.21. The van der Waals surface area contributed by atoms with Gasteiger partial charge in [0.1, 0.15) is 0 Å². The molecule has 0 radical (unpaired) electrons. The maximum absolute atomic E-state index is 13.4. The van der Waals surface area contributed by atoms with E-state index >= 15 is 0 Å². The van der Waals surface area contributed by atoms with Crippen LogP contribution in [0.5, 0.6) is 0 Å². The van der Waals surface area contributed by atoms with Gasteiger partial charge in [-0.05, 0) is 36.5 Å². The summed E-state index contributed by atoms with van der Waals surface area (Å²) in [5.41, 5.74) is 7.58. The molecule has 1 saturated carbocycles. The van der Waals surface area contributed by atoms with Crippen LogP contribution in [0.2, 0.25) is 0 Å². The van der Waals surface area contributed by atoms with E-state index in [4.69, 9.17) is 5.73 Å². The van der Waals surface area contributed by atoms with E-state index in [9.17, 15) is 18.8 Å². The van der Waals surface area contributed by atoms with Gasteiger partial charge in [0.2, 0.25) is 0 Å². The molecule has 2 N–H and O–H groups in total. The van der Waals surface area contributed by atoms with Crippen molar-refractivity contribution in [1.29, 1.82) is 0 Å². The number of nitrogens with two attached hydrogens (primary N) is 1. The molecule has 4 rings (SSSR count). The Morgan fingerprint density at radius 3 is 2.40 bits per heavy atom. The number of benzene rings is 1. The maximum Gasteiger partial charge on any atom is 0.261 e. The van der Waals surface area contributed by atoms with Gasteiger partial charge >= 0.3 is 0 Å². The fourth-order valence-electron chi connectivity index (χ4n) is 3.68. The summed E-state index contributed by atoms with van der Waals surface area (Å²) < 4.78 is 13.4. The molecule has 0 saturated heterocycles. The second-order valence-corrected chi connectivity index (χ2v) is 7.86. The van der Waals surface area contributed by atoms with Gasteiger partial charge in [0.05, 0.1) is 36.1 Å². The number of carbonyl (C=O) groups is 3. The molecule has 2 heterocycles. The van der Waals surface area contributed by atoms with E-state index < -0.39 is 11.8 Å². The van der Waals surface area contributed by atoms with Crippen molar-refractivity contribution in [1.82, 2.24) is 9.80 Å². The number of nitrogens with zero attached hydrogens (tertiary/aromatic N) is 3. The Kier molecular flexibility index (Phi) is 5.48. The fraction of sp³-hybridized carbons (Fsp3) is 0.364. The van der Waals surface area contributed by atoms with Gasteiger partial charge in [0.15, 0.2) is 0 Å². The van der Waals surface area contributed by atoms with E-state index in [1.54, 1.807) is 29.2 Å². The average molecular weight is 410 g/mol. The fourth-order valence-corrected chi connectivity index (χ4v) is 3.68. The number of aliphatic imine (C=N–C) groups is 1. The first-order valence-electron chi connectivity index (χ1n) is 10.0. The Labute approximate surface area is 173 Å². The molecule has 1 aromatic rings. The summed E-state index contributed by atoms with van der Waals surface area (Å²) in [5, 5.41) is 0. The second kappa shape index (κ2) is 8.22. The lowest BCUT2D eigenvalue weighted by Gasteiger charge is -2.28. The van der Waals surface area contributed by atoms with Crippen molar-refractivity contribution in [3.05, 3.63) is 58.6 Å². The third-order valence-corrected chi connectivity index (χ3v) is 5.60. The molecular formula is C22H23FN4O3. The van der Waals surface area contributed by atoms with Crippen molar-refractivity contribution in [2.24, 2.45) is 16.6 Å². The van der Waals surface area contributed by atoms with Gasteiger partial charge < -0.3 is 10.6 Å². The van der Waals surface area contributed by atoms with Gasteiger partial charge in [-0.2, -0.15) is 0 Å². The third kappa shape index (κ3) is 3.90. The normalized spacial score (nSPS) is 20.0. The third-order valence-electron chi connectivity index (χ3n) is 5.60. The monoisotopic (exact) mass is 410 g/mol. The van der Waals surface area contributed by atoms with Gasteiger partial charge in [0, 0.05) is 31.4 Å². The minimum atomic E-state index is -0.455. The van der Waals surface area contributed by atoms with Crippen molar-refractivity contribution < 1.29 is 18.8 Å². The number of halogens is 1. The molecule has 3 aliphatic rings. The molecule has 0 bridgehead atoms. The molecule has 156 valence electrons. The lowest BCUT2D eigenvalue weighted by molar-refractivity contribution is -0.127. The largest absolute Gasteiger partial charge is 0.401 e. The van der Waals surface area contributed by atoms with Crippen LogP contribution in [0.4, 0.5) is 4.39 Å². The van der Waals surface area contributed by atoms with Crippen molar-refractivity contribution >= 4 is 23.9 Å². The Hall–Kier alpha value is -3.29. The maximum atomic E-state index is 13.4. The van der Waals surface area contributed by atoms with Gasteiger partial charge in [-0.25, -0.2) is 4.39 Å². The van der Waals surface area contributed by atoms with Crippen LogP contribution in [0.15, 0.2) is 52.4 Å². The summed E-state index contributed by atoms with van der Waals surface area (Å²) in [6.07, 6.45) is 4.60. The van der Waals surface area contributed by atoms with Gasteiger partial charge in [-0.15, -0.1) is 0 Å². The molecule has 7 nitrogen and oxygen atoms in total. The van der Waals surface area contributed by atoms with Crippen LogP contribution in [0, 0.1) is 5.92 Å². The molecule has 1 fully saturated rings. The minimum absolute atomic E-state index is 0.0867. The Balaban J connectivity index is 1.40. The van der Waals surface area contributed by atoms with Crippen LogP contribution in [-0.4, -0.2) is 59.9 Å². The molecule has 3 amide bonds. The zero-order chi connectivity index (χ0) is 21.3. The highest BCUT2D eigenvalue weighted by Crippen LogP contribution is 2.31. The zero-order valence-electron chi connectivity index (χ0n) is 16.5. The lowest BCUT2D eigenvalue weighted by atomic mass is 10.1. The smallest absolute Gasteiger partial charge is 0.261 e. The number of hydrogen-bond donors (Lipinski definition) is 1. The average Bonchev–Trinajstić information content (AvgIpc) is 3.54. The molecule has 30 heavy (non-hydrogen) atoms. The molecule has 0 unspecified atom stereocenters. The van der Waals surface area contributed by atoms with Crippen molar-refractivity contribution in [2.75, 3.05) is 26.2 Å². The molecular weight excluding hydrogens is 387 g/mol. The van der Waals surface area contributed by atoms with Crippen LogP contribution in [0.1, 0.15) is 40.0 Å². The molecule has 0 aromatic heterocycles. The Bertz CT molecular complexity index is 959. The van der Waals surface area contributed by atoms with Crippen molar-refractivity contribution in [3.63, 3.8) is 0 Å².